The molecule has 276 valence electrons. The molecule has 0 unspecified atom stereocenters. The van der Waals surface area contributed by atoms with E-state index in [2.05, 4.69) is 164 Å². The van der Waals surface area contributed by atoms with E-state index in [-0.39, 0.29) is 0 Å². The number of hydrogen-bond acceptors (Lipinski definition) is 3. The predicted octanol–water partition coefficient (Wildman–Crippen LogP) is 13.7. The maximum Gasteiger partial charge on any atom is 0.164 e. The minimum absolute atomic E-state index is 0.521. The number of hydrogen-bond donors (Lipinski definition) is 0. The topological polar surface area (TPSA) is 38.7 Å². The number of benzene rings is 9. The minimum atomic E-state index is -0.521. The van der Waals surface area contributed by atoms with Crippen molar-refractivity contribution in [2.45, 2.75) is 5.41 Å². The standard InChI is InChI=1S/C56H37N3/c1-5-19-39(20-6-1)53-57-54(40-21-7-2-8-22-40)59-55(58-53)44-25-17-24-42(35-44)48-36-50-47-30-15-16-31-51(47)56(45-26-9-3-10-27-45,46-28-11-4-12-29-46)52(50)37-49(48)43-33-32-38-18-13-14-23-41(38)34-43/h1-37H. The maximum absolute atomic E-state index is 5.10. The van der Waals surface area contributed by atoms with Gasteiger partial charge in [-0.2, -0.15) is 0 Å². The molecule has 0 aliphatic heterocycles. The van der Waals surface area contributed by atoms with Crippen LogP contribution >= 0.6 is 0 Å². The number of fused-ring (bicyclic) bond motifs is 4. The fourth-order valence-electron chi connectivity index (χ4n) is 9.09. The molecule has 1 aliphatic carbocycles. The number of nitrogens with zero attached hydrogens (tertiary/aromatic N) is 3. The highest BCUT2D eigenvalue weighted by Crippen LogP contribution is 2.58. The third-order valence-electron chi connectivity index (χ3n) is 11.8. The van der Waals surface area contributed by atoms with Gasteiger partial charge in [0.05, 0.1) is 5.41 Å². The Morgan fingerprint density at radius 2 is 0.729 bits per heavy atom. The van der Waals surface area contributed by atoms with E-state index >= 15 is 0 Å². The Morgan fingerprint density at radius 3 is 1.37 bits per heavy atom. The Labute approximate surface area is 344 Å². The van der Waals surface area contributed by atoms with Gasteiger partial charge < -0.3 is 0 Å². The molecule has 0 fully saturated rings. The molecule has 0 saturated carbocycles. The third-order valence-corrected chi connectivity index (χ3v) is 11.8. The van der Waals surface area contributed by atoms with Crippen molar-refractivity contribution in [2.75, 3.05) is 0 Å². The molecule has 0 saturated heterocycles. The first-order valence-corrected chi connectivity index (χ1v) is 20.1. The lowest BCUT2D eigenvalue weighted by molar-refractivity contribution is 0.769. The van der Waals surface area contributed by atoms with Crippen molar-refractivity contribution < 1.29 is 0 Å². The molecule has 0 N–H and O–H groups in total. The molecule has 3 nitrogen and oxygen atoms in total. The van der Waals surface area contributed by atoms with Crippen molar-refractivity contribution in [3.63, 3.8) is 0 Å². The summed E-state index contributed by atoms with van der Waals surface area (Å²) in [6.07, 6.45) is 0. The van der Waals surface area contributed by atoms with E-state index in [0.29, 0.717) is 17.5 Å². The summed E-state index contributed by atoms with van der Waals surface area (Å²) >= 11 is 0. The normalized spacial score (nSPS) is 12.5. The molecule has 59 heavy (non-hydrogen) atoms. The molecule has 1 heterocycles. The predicted molar refractivity (Wildman–Crippen MR) is 242 cm³/mol. The molecule has 10 aromatic rings. The quantitative estimate of drug-likeness (QED) is 0.163. The van der Waals surface area contributed by atoms with Crippen LogP contribution in [0.15, 0.2) is 224 Å². The highest BCUT2D eigenvalue weighted by atomic mass is 15.0. The van der Waals surface area contributed by atoms with Crippen LogP contribution in [0.1, 0.15) is 22.3 Å². The molecule has 3 heteroatoms. The van der Waals surface area contributed by atoms with Crippen LogP contribution in [0.5, 0.6) is 0 Å². The molecular formula is C56H37N3. The first kappa shape index (κ1) is 34.5. The molecule has 0 spiro atoms. The van der Waals surface area contributed by atoms with Crippen LogP contribution in [0.25, 0.3) is 78.3 Å². The second-order valence-corrected chi connectivity index (χ2v) is 15.2. The van der Waals surface area contributed by atoms with E-state index in [1.54, 1.807) is 0 Å². The van der Waals surface area contributed by atoms with Crippen molar-refractivity contribution >= 4 is 10.8 Å². The van der Waals surface area contributed by atoms with Gasteiger partial charge >= 0.3 is 0 Å². The maximum atomic E-state index is 5.10. The van der Waals surface area contributed by atoms with Gasteiger partial charge in [0.2, 0.25) is 0 Å². The van der Waals surface area contributed by atoms with Gasteiger partial charge in [0.15, 0.2) is 17.5 Å². The third kappa shape index (κ3) is 5.86. The molecule has 0 amide bonds. The first-order chi connectivity index (χ1) is 29.2. The van der Waals surface area contributed by atoms with Crippen molar-refractivity contribution in [3.8, 4) is 67.5 Å². The van der Waals surface area contributed by atoms with Crippen molar-refractivity contribution in [3.05, 3.63) is 247 Å². The lowest BCUT2D eigenvalue weighted by Gasteiger charge is -2.34. The Morgan fingerprint density at radius 1 is 0.254 bits per heavy atom. The van der Waals surface area contributed by atoms with Gasteiger partial charge in [-0.15, -0.1) is 0 Å². The van der Waals surface area contributed by atoms with E-state index in [1.165, 1.54) is 49.7 Å². The van der Waals surface area contributed by atoms with Gasteiger partial charge in [-0.05, 0) is 90.7 Å². The molecule has 11 rings (SSSR count). The lowest BCUT2D eigenvalue weighted by Crippen LogP contribution is -2.28. The zero-order valence-corrected chi connectivity index (χ0v) is 32.2. The van der Waals surface area contributed by atoms with E-state index in [1.807, 2.05) is 60.7 Å². The fraction of sp³-hybridized carbons (Fsp3) is 0.0179. The summed E-state index contributed by atoms with van der Waals surface area (Å²) in [6.45, 7) is 0. The summed E-state index contributed by atoms with van der Waals surface area (Å²) in [5.74, 6) is 1.92. The fourth-order valence-corrected chi connectivity index (χ4v) is 9.09. The van der Waals surface area contributed by atoms with Crippen LogP contribution in [0.2, 0.25) is 0 Å². The molecular weight excluding hydrogens is 715 g/mol. The highest BCUT2D eigenvalue weighted by Gasteiger charge is 2.46. The van der Waals surface area contributed by atoms with Gasteiger partial charge in [-0.25, -0.2) is 15.0 Å². The van der Waals surface area contributed by atoms with Gasteiger partial charge in [0, 0.05) is 16.7 Å². The van der Waals surface area contributed by atoms with E-state index in [4.69, 9.17) is 15.0 Å². The van der Waals surface area contributed by atoms with Crippen molar-refractivity contribution in [1.29, 1.82) is 0 Å². The smallest absolute Gasteiger partial charge is 0.164 e. The molecule has 9 aromatic carbocycles. The van der Waals surface area contributed by atoms with Crippen LogP contribution in [-0.4, -0.2) is 15.0 Å². The SMILES string of the molecule is c1ccc(-c2nc(-c3ccccc3)nc(-c3cccc(-c4cc5c(cc4-c4ccc6ccccc6c4)C(c4ccccc4)(c4ccccc4)c4ccccc4-5)c3)n2)cc1. The largest absolute Gasteiger partial charge is 0.208 e. The number of rotatable bonds is 7. The summed E-state index contributed by atoms with van der Waals surface area (Å²) in [5.41, 5.74) is 14.4. The summed E-state index contributed by atoms with van der Waals surface area (Å²) in [5, 5.41) is 2.42. The zero-order valence-electron chi connectivity index (χ0n) is 32.2. The van der Waals surface area contributed by atoms with Gasteiger partial charge in [-0.1, -0.05) is 200 Å². The summed E-state index contributed by atoms with van der Waals surface area (Å²) in [7, 11) is 0. The number of aromatic nitrogens is 3. The monoisotopic (exact) mass is 751 g/mol. The average molecular weight is 752 g/mol. The van der Waals surface area contributed by atoms with E-state index < -0.39 is 5.41 Å². The average Bonchev–Trinajstić information content (AvgIpc) is 3.62. The molecule has 1 aliphatic rings. The molecule has 0 atom stereocenters. The van der Waals surface area contributed by atoms with Crippen LogP contribution in [0.3, 0.4) is 0 Å². The Bertz CT molecular complexity index is 3040. The molecule has 0 bridgehead atoms. The van der Waals surface area contributed by atoms with E-state index in [9.17, 15) is 0 Å². The first-order valence-electron chi connectivity index (χ1n) is 20.1. The molecule has 1 aromatic heterocycles. The Hall–Kier alpha value is -7.75. The Balaban J connectivity index is 1.18. The summed E-state index contributed by atoms with van der Waals surface area (Å²) < 4.78 is 0. The second-order valence-electron chi connectivity index (χ2n) is 15.2. The zero-order chi connectivity index (χ0) is 39.2. The summed E-state index contributed by atoms with van der Waals surface area (Å²) in [4.78, 5) is 15.2. The Kier molecular flexibility index (Phi) is 8.37. The van der Waals surface area contributed by atoms with Crippen LogP contribution in [0.4, 0.5) is 0 Å². The van der Waals surface area contributed by atoms with Crippen molar-refractivity contribution in [1.82, 2.24) is 15.0 Å². The molecule has 0 radical (unpaired) electrons. The van der Waals surface area contributed by atoms with Crippen LogP contribution < -0.4 is 0 Å². The van der Waals surface area contributed by atoms with Gasteiger partial charge in [-0.3, -0.25) is 0 Å². The summed E-state index contributed by atoms with van der Waals surface area (Å²) in [6, 6.07) is 80.4. The highest BCUT2D eigenvalue weighted by molar-refractivity contribution is 5.97. The lowest BCUT2D eigenvalue weighted by atomic mass is 9.67. The van der Waals surface area contributed by atoms with E-state index in [0.717, 1.165) is 33.4 Å². The van der Waals surface area contributed by atoms with Crippen LogP contribution in [0, 0.1) is 0 Å². The van der Waals surface area contributed by atoms with Crippen molar-refractivity contribution in [2.24, 2.45) is 0 Å². The second kappa shape index (κ2) is 14.3. The minimum Gasteiger partial charge on any atom is -0.208 e. The van der Waals surface area contributed by atoms with Gasteiger partial charge in [0.1, 0.15) is 0 Å². The van der Waals surface area contributed by atoms with Crippen LogP contribution in [-0.2, 0) is 5.41 Å². The van der Waals surface area contributed by atoms with Gasteiger partial charge in [0.25, 0.3) is 0 Å².